The van der Waals surface area contributed by atoms with Gasteiger partial charge in [0.05, 0.1) is 11.8 Å². The molecule has 7 aliphatic rings. The van der Waals surface area contributed by atoms with E-state index in [-0.39, 0.29) is 47.6 Å². The molecule has 0 aromatic heterocycles. The zero-order valence-electron chi connectivity index (χ0n) is 9.16. The number of carbonyl (C=O) groups is 1. The average molecular weight is 236 g/mol. The van der Waals surface area contributed by atoms with E-state index < -0.39 is 17.0 Å². The van der Waals surface area contributed by atoms with Crippen molar-refractivity contribution < 1.29 is 24.5 Å². The van der Waals surface area contributed by atoms with Crippen LogP contribution in [0.15, 0.2) is 0 Å². The van der Waals surface area contributed by atoms with Gasteiger partial charge in [-0.3, -0.25) is 4.79 Å². The largest absolute Gasteiger partial charge is 0.461 e. The lowest BCUT2D eigenvalue weighted by molar-refractivity contribution is -0.270. The van der Waals surface area contributed by atoms with Crippen LogP contribution in [0.3, 0.4) is 0 Å². The first-order valence-corrected chi connectivity index (χ1v) is 6.31. The molecule has 10 unspecified atom stereocenters. The van der Waals surface area contributed by atoms with Gasteiger partial charge in [0, 0.05) is 23.2 Å². The van der Waals surface area contributed by atoms with E-state index in [4.69, 9.17) is 9.47 Å². The van der Waals surface area contributed by atoms with Crippen LogP contribution < -0.4 is 0 Å². The summed E-state index contributed by atoms with van der Waals surface area (Å²) in [6.45, 7) is 1.97. The minimum absolute atomic E-state index is 0.0469. The number of esters is 1. The Kier molecular flexibility index (Phi) is 0.836. The molecule has 7 fully saturated rings. The van der Waals surface area contributed by atoms with Gasteiger partial charge in [-0.25, -0.2) is 0 Å². The van der Waals surface area contributed by atoms with E-state index in [2.05, 4.69) is 0 Å². The maximum absolute atomic E-state index is 11.9. The number of carbonyl (C=O) groups excluding carboxylic acids is 1. The highest BCUT2D eigenvalue weighted by molar-refractivity contribution is 5.79. The Hall–Kier alpha value is -0.650. The molecule has 4 heterocycles. The fraction of sp³-hybridized carbons (Fsp3) is 0.917. The Bertz CT molecular complexity index is 531. The Morgan fingerprint density at radius 3 is 2.76 bits per heavy atom. The number of aliphatic hydroxyl groups is 2. The normalized spacial score (nSPS) is 83.5. The number of hydrogen-bond donors (Lipinski definition) is 2. The summed E-state index contributed by atoms with van der Waals surface area (Å²) >= 11 is 0. The minimum Gasteiger partial charge on any atom is -0.461 e. The highest BCUT2D eigenvalue weighted by atomic mass is 16.7. The van der Waals surface area contributed by atoms with Crippen LogP contribution in [0.4, 0.5) is 0 Å². The maximum atomic E-state index is 11.9. The van der Waals surface area contributed by atoms with Gasteiger partial charge in [0.1, 0.15) is 6.10 Å². The van der Waals surface area contributed by atoms with Gasteiger partial charge in [0.2, 0.25) is 0 Å². The van der Waals surface area contributed by atoms with Gasteiger partial charge in [0.25, 0.3) is 0 Å². The molecule has 17 heavy (non-hydrogen) atoms. The molecular weight excluding hydrogens is 224 g/mol. The van der Waals surface area contributed by atoms with Crippen LogP contribution in [0.25, 0.3) is 0 Å². The molecule has 2 N–H and O–H groups in total. The summed E-state index contributed by atoms with van der Waals surface area (Å²) in [5.41, 5.74) is -0.438. The van der Waals surface area contributed by atoms with Crippen LogP contribution in [0.2, 0.25) is 0 Å². The minimum atomic E-state index is -1.29. The highest BCUT2D eigenvalue weighted by Gasteiger charge is 3.02. The SMILES string of the molecule is CC12C3C4C(=O)OC5C3C1C1(O)OC2(O)C4C51. The second-order valence-corrected chi connectivity index (χ2v) is 6.89. The summed E-state index contributed by atoms with van der Waals surface area (Å²) in [5.74, 6) is -3.10. The standard InChI is InChI=1S/C12H12O5/c1-10-4-2-5-6-7(16-9(2)13)3(4)8(10)11(6,14)17-12(5,10)15/h2-8,14-15H,1H3. The fourth-order valence-electron chi connectivity index (χ4n) is 6.92. The molecule has 5 nitrogen and oxygen atoms in total. The molecule has 10 atom stereocenters. The quantitative estimate of drug-likeness (QED) is 0.532. The summed E-state index contributed by atoms with van der Waals surface area (Å²) in [6.07, 6.45) is -0.220. The van der Waals surface area contributed by atoms with Crippen molar-refractivity contribution in [2.75, 3.05) is 0 Å². The van der Waals surface area contributed by atoms with Crippen molar-refractivity contribution in [1.82, 2.24) is 0 Å². The van der Waals surface area contributed by atoms with E-state index in [9.17, 15) is 15.0 Å². The van der Waals surface area contributed by atoms with Crippen LogP contribution in [-0.2, 0) is 14.3 Å². The van der Waals surface area contributed by atoms with E-state index >= 15 is 0 Å². The lowest BCUT2D eigenvalue weighted by Crippen LogP contribution is -2.63. The molecule has 5 heteroatoms. The Morgan fingerprint density at radius 1 is 1.24 bits per heavy atom. The first kappa shape index (κ1) is 8.45. The van der Waals surface area contributed by atoms with E-state index in [1.54, 1.807) is 0 Å². The van der Waals surface area contributed by atoms with Gasteiger partial charge < -0.3 is 19.7 Å². The summed E-state index contributed by atoms with van der Waals surface area (Å²) < 4.78 is 11.1. The first-order valence-electron chi connectivity index (χ1n) is 6.31. The van der Waals surface area contributed by atoms with Crippen molar-refractivity contribution in [1.29, 1.82) is 0 Å². The predicted octanol–water partition coefficient (Wildman–Crippen LogP) is -0.923. The van der Waals surface area contributed by atoms with Crippen molar-refractivity contribution in [3.63, 3.8) is 0 Å². The molecule has 7 rings (SSSR count). The van der Waals surface area contributed by atoms with Crippen molar-refractivity contribution in [2.24, 2.45) is 40.9 Å². The Morgan fingerprint density at radius 2 is 2.00 bits per heavy atom. The third-order valence-corrected chi connectivity index (χ3v) is 7.02. The van der Waals surface area contributed by atoms with Gasteiger partial charge >= 0.3 is 5.97 Å². The molecule has 0 amide bonds. The molecule has 0 aromatic rings. The third-order valence-electron chi connectivity index (χ3n) is 7.02. The summed E-state index contributed by atoms with van der Waals surface area (Å²) in [7, 11) is 0. The van der Waals surface area contributed by atoms with Gasteiger partial charge in [-0.15, -0.1) is 0 Å². The third kappa shape index (κ3) is 0.424. The Labute approximate surface area is 96.7 Å². The molecular formula is C12H12O5. The lowest BCUT2D eigenvalue weighted by Gasteiger charge is -2.57. The smallest absolute Gasteiger partial charge is 0.310 e. The van der Waals surface area contributed by atoms with E-state index in [0.29, 0.717) is 0 Å². The second kappa shape index (κ2) is 1.68. The summed E-state index contributed by atoms with van der Waals surface area (Å²) in [4.78, 5) is 11.9. The van der Waals surface area contributed by atoms with E-state index in [0.717, 1.165) is 0 Å². The van der Waals surface area contributed by atoms with Crippen molar-refractivity contribution >= 4 is 5.97 Å². The number of hydrogen-bond acceptors (Lipinski definition) is 5. The lowest BCUT2D eigenvalue weighted by atomic mass is 9.46. The van der Waals surface area contributed by atoms with Gasteiger partial charge in [-0.2, -0.15) is 0 Å². The highest BCUT2D eigenvalue weighted by Crippen LogP contribution is 2.92. The molecule has 4 aliphatic heterocycles. The van der Waals surface area contributed by atoms with Crippen LogP contribution in [-0.4, -0.2) is 33.9 Å². The fourth-order valence-corrected chi connectivity index (χ4v) is 6.92. The monoisotopic (exact) mass is 236 g/mol. The zero-order chi connectivity index (χ0) is 11.5. The summed E-state index contributed by atoms with van der Waals surface area (Å²) in [5, 5.41) is 21.5. The van der Waals surface area contributed by atoms with Crippen molar-refractivity contribution in [3.8, 4) is 0 Å². The maximum Gasteiger partial charge on any atom is 0.310 e. The molecule has 0 radical (unpaired) electrons. The Balaban J connectivity index is 1.78. The average Bonchev–Trinajstić information content (AvgIpc) is 2.62. The molecule has 3 aliphatic carbocycles. The number of fused-ring (bicyclic) bond motifs is 1. The van der Waals surface area contributed by atoms with Gasteiger partial charge in [0.15, 0.2) is 11.6 Å². The molecule has 90 valence electrons. The first-order chi connectivity index (χ1) is 7.96. The van der Waals surface area contributed by atoms with Crippen LogP contribution in [0.1, 0.15) is 6.92 Å². The van der Waals surface area contributed by atoms with Crippen LogP contribution in [0.5, 0.6) is 0 Å². The molecule has 4 saturated heterocycles. The molecule has 4 bridgehead atoms. The van der Waals surface area contributed by atoms with Crippen molar-refractivity contribution in [2.45, 2.75) is 24.6 Å². The molecule has 0 spiro atoms. The zero-order valence-corrected chi connectivity index (χ0v) is 9.16. The van der Waals surface area contributed by atoms with Crippen LogP contribution >= 0.6 is 0 Å². The second-order valence-electron chi connectivity index (χ2n) is 6.89. The predicted molar refractivity (Wildman–Crippen MR) is 49.9 cm³/mol. The summed E-state index contributed by atoms with van der Waals surface area (Å²) in [6, 6.07) is 0. The van der Waals surface area contributed by atoms with Gasteiger partial charge in [-0.1, -0.05) is 6.92 Å². The number of rotatable bonds is 0. The topological polar surface area (TPSA) is 76.0 Å². The molecule has 3 saturated carbocycles. The van der Waals surface area contributed by atoms with Crippen LogP contribution in [0, 0.1) is 40.9 Å². The molecule has 0 aromatic carbocycles. The van der Waals surface area contributed by atoms with E-state index in [1.807, 2.05) is 6.92 Å². The van der Waals surface area contributed by atoms with E-state index in [1.165, 1.54) is 0 Å². The number of ether oxygens (including phenoxy) is 2. The van der Waals surface area contributed by atoms with Crippen molar-refractivity contribution in [3.05, 3.63) is 0 Å². The van der Waals surface area contributed by atoms with Gasteiger partial charge in [-0.05, 0) is 5.92 Å².